The second-order valence-electron chi connectivity index (χ2n) is 7.02. The molecular formula is C25H24N2O5. The van der Waals surface area contributed by atoms with E-state index in [0.29, 0.717) is 22.6 Å². The number of hydrogen-bond acceptors (Lipinski definition) is 6. The van der Waals surface area contributed by atoms with Crippen LogP contribution in [-0.4, -0.2) is 31.8 Å². The van der Waals surface area contributed by atoms with Gasteiger partial charge in [0, 0.05) is 0 Å². The standard InChI is InChI=1S/C25H24N2O5/c1-17-9-10-18(2)22(13-17)31-16-24(28)27-26-15-19-11-12-21(23(14-19)30-3)32-25(29)20-7-5-4-6-8-20/h4-15H,16H2,1-3H3,(H,27,28)/b26-15-. The molecule has 7 nitrogen and oxygen atoms in total. The zero-order valence-electron chi connectivity index (χ0n) is 18.1. The molecule has 0 saturated heterocycles. The number of ether oxygens (including phenoxy) is 3. The lowest BCUT2D eigenvalue weighted by Gasteiger charge is -2.10. The van der Waals surface area contributed by atoms with Crippen LogP contribution in [-0.2, 0) is 4.79 Å². The predicted molar refractivity (Wildman–Crippen MR) is 122 cm³/mol. The fraction of sp³-hybridized carbons (Fsp3) is 0.160. The van der Waals surface area contributed by atoms with Crippen LogP contribution in [0.5, 0.6) is 17.2 Å². The first-order valence-corrected chi connectivity index (χ1v) is 9.93. The molecular weight excluding hydrogens is 408 g/mol. The monoisotopic (exact) mass is 432 g/mol. The van der Waals surface area contributed by atoms with Crippen LogP contribution in [0.1, 0.15) is 27.0 Å². The van der Waals surface area contributed by atoms with Crippen molar-refractivity contribution in [3.63, 3.8) is 0 Å². The highest BCUT2D eigenvalue weighted by atomic mass is 16.6. The van der Waals surface area contributed by atoms with Gasteiger partial charge in [0.1, 0.15) is 5.75 Å². The molecule has 3 aromatic rings. The molecule has 0 atom stereocenters. The van der Waals surface area contributed by atoms with E-state index >= 15 is 0 Å². The highest BCUT2D eigenvalue weighted by Crippen LogP contribution is 2.28. The maximum absolute atomic E-state index is 12.3. The number of hydrogen-bond donors (Lipinski definition) is 1. The molecule has 0 fully saturated rings. The molecule has 0 spiro atoms. The fourth-order valence-corrected chi connectivity index (χ4v) is 2.80. The van der Waals surface area contributed by atoms with E-state index in [-0.39, 0.29) is 18.3 Å². The van der Waals surface area contributed by atoms with Gasteiger partial charge in [-0.1, -0.05) is 30.3 Å². The van der Waals surface area contributed by atoms with Gasteiger partial charge in [0.2, 0.25) is 0 Å². The first-order chi connectivity index (χ1) is 15.5. The third-order valence-corrected chi connectivity index (χ3v) is 4.51. The van der Waals surface area contributed by atoms with Crippen LogP contribution >= 0.6 is 0 Å². The summed E-state index contributed by atoms with van der Waals surface area (Å²) >= 11 is 0. The Morgan fingerprint density at radius 2 is 1.72 bits per heavy atom. The highest BCUT2D eigenvalue weighted by molar-refractivity contribution is 5.91. The molecule has 0 aliphatic heterocycles. The van der Waals surface area contributed by atoms with Crippen molar-refractivity contribution in [2.45, 2.75) is 13.8 Å². The molecule has 164 valence electrons. The quantitative estimate of drug-likeness (QED) is 0.251. The van der Waals surface area contributed by atoms with Crippen LogP contribution in [0.3, 0.4) is 0 Å². The van der Waals surface area contributed by atoms with E-state index in [1.807, 2.05) is 38.1 Å². The molecule has 0 unspecified atom stereocenters. The molecule has 32 heavy (non-hydrogen) atoms. The summed E-state index contributed by atoms with van der Waals surface area (Å²) in [7, 11) is 1.47. The second-order valence-corrected chi connectivity index (χ2v) is 7.02. The van der Waals surface area contributed by atoms with E-state index in [9.17, 15) is 9.59 Å². The molecule has 0 aliphatic carbocycles. The molecule has 7 heteroatoms. The number of nitrogens with one attached hydrogen (secondary N) is 1. The second kappa shape index (κ2) is 10.8. The first kappa shape index (κ1) is 22.6. The van der Waals surface area contributed by atoms with Crippen LogP contribution in [0.2, 0.25) is 0 Å². The summed E-state index contributed by atoms with van der Waals surface area (Å²) < 4.78 is 16.3. The van der Waals surface area contributed by atoms with Gasteiger partial charge in [-0.05, 0) is 66.9 Å². The Morgan fingerprint density at radius 1 is 0.938 bits per heavy atom. The lowest BCUT2D eigenvalue weighted by Crippen LogP contribution is -2.24. The number of benzene rings is 3. The van der Waals surface area contributed by atoms with Gasteiger partial charge in [-0.25, -0.2) is 10.2 Å². The van der Waals surface area contributed by atoms with Crippen molar-refractivity contribution in [3.8, 4) is 17.2 Å². The third-order valence-electron chi connectivity index (χ3n) is 4.51. The maximum Gasteiger partial charge on any atom is 0.343 e. The predicted octanol–water partition coefficient (Wildman–Crippen LogP) is 4.06. The number of rotatable bonds is 8. The van der Waals surface area contributed by atoms with Crippen LogP contribution in [0, 0.1) is 13.8 Å². The average molecular weight is 432 g/mol. The van der Waals surface area contributed by atoms with Crippen LogP contribution < -0.4 is 19.6 Å². The van der Waals surface area contributed by atoms with Gasteiger partial charge in [-0.2, -0.15) is 5.10 Å². The van der Waals surface area contributed by atoms with Crippen molar-refractivity contribution in [2.75, 3.05) is 13.7 Å². The Kier molecular flexibility index (Phi) is 7.59. The average Bonchev–Trinajstić information content (AvgIpc) is 2.81. The smallest absolute Gasteiger partial charge is 0.343 e. The largest absolute Gasteiger partial charge is 0.493 e. The van der Waals surface area contributed by atoms with Crippen molar-refractivity contribution in [2.24, 2.45) is 5.10 Å². The van der Waals surface area contributed by atoms with Crippen molar-refractivity contribution in [1.29, 1.82) is 0 Å². The molecule has 0 aromatic heterocycles. The Bertz CT molecular complexity index is 1130. The van der Waals surface area contributed by atoms with Gasteiger partial charge in [0.25, 0.3) is 5.91 Å². The van der Waals surface area contributed by atoms with Crippen LogP contribution in [0.4, 0.5) is 0 Å². The lowest BCUT2D eigenvalue weighted by molar-refractivity contribution is -0.123. The summed E-state index contributed by atoms with van der Waals surface area (Å²) in [5.74, 6) is 0.436. The number of carbonyl (C=O) groups excluding carboxylic acids is 2. The SMILES string of the molecule is COc1cc(/C=N\NC(=O)COc2cc(C)ccc2C)ccc1OC(=O)c1ccccc1. The van der Waals surface area contributed by atoms with Gasteiger partial charge in [-0.3, -0.25) is 4.79 Å². The molecule has 0 radical (unpaired) electrons. The summed E-state index contributed by atoms with van der Waals surface area (Å²) in [5.41, 5.74) is 5.51. The number of aryl methyl sites for hydroxylation is 2. The number of carbonyl (C=O) groups is 2. The van der Waals surface area contributed by atoms with Gasteiger partial charge in [-0.15, -0.1) is 0 Å². The minimum atomic E-state index is -0.485. The Labute approximate surface area is 186 Å². The Hall–Kier alpha value is -4.13. The van der Waals surface area contributed by atoms with Crippen molar-refractivity contribution in [1.82, 2.24) is 5.43 Å². The van der Waals surface area contributed by atoms with Crippen LogP contribution in [0.15, 0.2) is 71.8 Å². The summed E-state index contributed by atoms with van der Waals surface area (Å²) in [4.78, 5) is 24.3. The number of esters is 1. The van der Waals surface area contributed by atoms with Gasteiger partial charge in [0.05, 0.1) is 18.9 Å². The minimum Gasteiger partial charge on any atom is -0.493 e. The zero-order chi connectivity index (χ0) is 22.9. The maximum atomic E-state index is 12.3. The van der Waals surface area contributed by atoms with Gasteiger partial charge >= 0.3 is 5.97 Å². The summed E-state index contributed by atoms with van der Waals surface area (Å²) in [5, 5.41) is 3.94. The molecule has 0 bridgehead atoms. The van der Waals surface area contributed by atoms with Gasteiger partial charge in [0.15, 0.2) is 18.1 Å². The van der Waals surface area contributed by atoms with E-state index in [2.05, 4.69) is 10.5 Å². The number of hydrazone groups is 1. The third kappa shape index (κ3) is 6.18. The highest BCUT2D eigenvalue weighted by Gasteiger charge is 2.12. The van der Waals surface area contributed by atoms with E-state index in [4.69, 9.17) is 14.2 Å². The summed E-state index contributed by atoms with van der Waals surface area (Å²) in [6, 6.07) is 19.4. The van der Waals surface area contributed by atoms with Crippen molar-refractivity contribution < 1.29 is 23.8 Å². The molecule has 1 N–H and O–H groups in total. The molecule has 0 saturated carbocycles. The summed E-state index contributed by atoms with van der Waals surface area (Å²) in [6.45, 7) is 3.72. The summed E-state index contributed by atoms with van der Waals surface area (Å²) in [6.07, 6.45) is 1.46. The first-order valence-electron chi connectivity index (χ1n) is 9.93. The van der Waals surface area contributed by atoms with Crippen molar-refractivity contribution in [3.05, 3.63) is 89.0 Å². The topological polar surface area (TPSA) is 86.2 Å². The number of amides is 1. The van der Waals surface area contributed by atoms with E-state index in [0.717, 1.165) is 11.1 Å². The molecule has 0 heterocycles. The fourth-order valence-electron chi connectivity index (χ4n) is 2.80. The number of methoxy groups -OCH3 is 1. The zero-order valence-corrected chi connectivity index (χ0v) is 18.1. The van der Waals surface area contributed by atoms with E-state index in [1.54, 1.807) is 42.5 Å². The normalized spacial score (nSPS) is 10.6. The molecule has 0 aliphatic rings. The molecule has 1 amide bonds. The molecule has 3 rings (SSSR count). The molecule has 3 aromatic carbocycles. The lowest BCUT2D eigenvalue weighted by atomic mass is 10.1. The van der Waals surface area contributed by atoms with E-state index < -0.39 is 5.97 Å². The van der Waals surface area contributed by atoms with Crippen LogP contribution in [0.25, 0.3) is 0 Å². The Morgan fingerprint density at radius 3 is 2.47 bits per heavy atom. The Balaban J connectivity index is 1.56. The van der Waals surface area contributed by atoms with E-state index in [1.165, 1.54) is 13.3 Å². The minimum absolute atomic E-state index is 0.153. The number of nitrogens with zero attached hydrogens (tertiary/aromatic N) is 1. The van der Waals surface area contributed by atoms with Gasteiger partial charge < -0.3 is 14.2 Å². The van der Waals surface area contributed by atoms with Crippen molar-refractivity contribution >= 4 is 18.1 Å².